The van der Waals surface area contributed by atoms with Crippen LogP contribution in [0.15, 0.2) is 29.0 Å². The van der Waals surface area contributed by atoms with E-state index in [9.17, 15) is 0 Å². The van der Waals surface area contributed by atoms with E-state index in [1.807, 2.05) is 19.9 Å². The zero-order chi connectivity index (χ0) is 8.69. The van der Waals surface area contributed by atoms with Gasteiger partial charge in [0.25, 0.3) is 0 Å². The van der Waals surface area contributed by atoms with E-state index in [2.05, 4.69) is 11.9 Å². The number of hydrogen-bond acceptors (Lipinski definition) is 2. The molecule has 0 aliphatic heterocycles. The summed E-state index contributed by atoms with van der Waals surface area (Å²) in [5.74, 6) is 0. The summed E-state index contributed by atoms with van der Waals surface area (Å²) in [4.78, 5) is 4.31. The molecule has 0 aliphatic carbocycles. The molecule has 0 aromatic rings. The van der Waals surface area contributed by atoms with E-state index < -0.39 is 0 Å². The smallest absolute Gasteiger partial charge is 0.0390 e. The van der Waals surface area contributed by atoms with Crippen molar-refractivity contribution in [1.82, 2.24) is 0 Å². The first kappa shape index (κ1) is 9.95. The van der Waals surface area contributed by atoms with Crippen LogP contribution >= 0.6 is 0 Å². The zero-order valence-corrected chi connectivity index (χ0v) is 7.46. The molecule has 2 nitrogen and oxygen atoms in total. The molecule has 0 fully saturated rings. The Morgan fingerprint density at radius 1 is 1.55 bits per heavy atom. The predicted octanol–water partition coefficient (Wildman–Crippen LogP) is 2.23. The number of allylic oxidation sites excluding steroid dienone is 3. The van der Waals surface area contributed by atoms with Gasteiger partial charge in [-0.1, -0.05) is 13.0 Å². The fourth-order valence-electron chi connectivity index (χ4n) is 0.751. The SMILES string of the molecule is C\C=C(CC)/N=C(C)/C=C\N. The second-order valence-corrected chi connectivity index (χ2v) is 2.25. The van der Waals surface area contributed by atoms with Crippen molar-refractivity contribution < 1.29 is 0 Å². The summed E-state index contributed by atoms with van der Waals surface area (Å²) >= 11 is 0. The Balaban J connectivity index is 4.27. The molecule has 0 rings (SSSR count). The van der Waals surface area contributed by atoms with E-state index in [1.165, 1.54) is 6.20 Å². The minimum Gasteiger partial charge on any atom is -0.405 e. The summed E-state index contributed by atoms with van der Waals surface area (Å²) < 4.78 is 0. The number of aliphatic imine (C=N–C) groups is 1. The van der Waals surface area contributed by atoms with Crippen LogP contribution in [0.2, 0.25) is 0 Å². The van der Waals surface area contributed by atoms with Gasteiger partial charge in [0.1, 0.15) is 0 Å². The molecule has 2 N–H and O–H groups in total. The molecular formula is C9H16N2. The molecule has 0 saturated carbocycles. The molecule has 0 saturated heterocycles. The highest BCUT2D eigenvalue weighted by molar-refractivity contribution is 5.93. The van der Waals surface area contributed by atoms with Gasteiger partial charge < -0.3 is 5.73 Å². The lowest BCUT2D eigenvalue weighted by atomic mass is 10.3. The Bertz CT molecular complexity index is 188. The fourth-order valence-corrected chi connectivity index (χ4v) is 0.751. The van der Waals surface area contributed by atoms with Crippen LogP contribution in [-0.2, 0) is 0 Å². The topological polar surface area (TPSA) is 38.4 Å². The third-order valence-electron chi connectivity index (χ3n) is 1.35. The van der Waals surface area contributed by atoms with E-state index >= 15 is 0 Å². The van der Waals surface area contributed by atoms with Crippen molar-refractivity contribution in [3.63, 3.8) is 0 Å². The summed E-state index contributed by atoms with van der Waals surface area (Å²) in [6.07, 6.45) is 6.26. The number of nitrogens with two attached hydrogens (primary N) is 1. The van der Waals surface area contributed by atoms with Gasteiger partial charge >= 0.3 is 0 Å². The van der Waals surface area contributed by atoms with Crippen LogP contribution in [0.25, 0.3) is 0 Å². The Kier molecular flexibility index (Phi) is 5.17. The predicted molar refractivity (Wildman–Crippen MR) is 50.5 cm³/mol. The summed E-state index contributed by atoms with van der Waals surface area (Å²) in [5, 5.41) is 0. The summed E-state index contributed by atoms with van der Waals surface area (Å²) in [6.45, 7) is 6.00. The van der Waals surface area contributed by atoms with Gasteiger partial charge in [-0.2, -0.15) is 0 Å². The molecule has 62 valence electrons. The molecule has 0 aromatic carbocycles. The molecule has 2 heteroatoms. The van der Waals surface area contributed by atoms with E-state index in [0.29, 0.717) is 0 Å². The summed E-state index contributed by atoms with van der Waals surface area (Å²) in [5.41, 5.74) is 7.25. The first-order chi connectivity index (χ1) is 5.24. The van der Waals surface area contributed by atoms with Crippen molar-refractivity contribution in [2.45, 2.75) is 27.2 Å². The van der Waals surface area contributed by atoms with Crippen LogP contribution in [0.1, 0.15) is 27.2 Å². The van der Waals surface area contributed by atoms with Crippen molar-refractivity contribution in [3.05, 3.63) is 24.0 Å². The van der Waals surface area contributed by atoms with Crippen molar-refractivity contribution in [1.29, 1.82) is 0 Å². The maximum absolute atomic E-state index is 5.21. The van der Waals surface area contributed by atoms with Crippen LogP contribution in [0.5, 0.6) is 0 Å². The highest BCUT2D eigenvalue weighted by atomic mass is 14.7. The Labute approximate surface area is 68.5 Å². The summed E-state index contributed by atoms with van der Waals surface area (Å²) in [6, 6.07) is 0. The average Bonchev–Trinajstić information content (AvgIpc) is 2.01. The fraction of sp³-hybridized carbons (Fsp3) is 0.444. The Hall–Kier alpha value is -1.05. The van der Waals surface area contributed by atoms with Crippen LogP contribution in [0.4, 0.5) is 0 Å². The molecule has 0 aliphatic rings. The molecule has 0 amide bonds. The van der Waals surface area contributed by atoms with Gasteiger partial charge in [-0.15, -0.1) is 0 Å². The van der Waals surface area contributed by atoms with E-state index in [4.69, 9.17) is 5.73 Å². The zero-order valence-electron chi connectivity index (χ0n) is 7.46. The van der Waals surface area contributed by atoms with Crippen molar-refractivity contribution >= 4 is 5.71 Å². The minimum atomic E-state index is 0.947. The third kappa shape index (κ3) is 4.37. The minimum absolute atomic E-state index is 0.947. The molecule has 11 heavy (non-hydrogen) atoms. The molecule has 0 unspecified atom stereocenters. The maximum Gasteiger partial charge on any atom is 0.0390 e. The first-order valence-electron chi connectivity index (χ1n) is 3.83. The second kappa shape index (κ2) is 5.71. The standard InChI is InChI=1S/C9H16N2/c1-4-9(5-2)11-8(3)6-7-10/h4,6-7H,5,10H2,1-3H3/b7-6-,9-4-,11-8+. The van der Waals surface area contributed by atoms with Gasteiger partial charge in [0.15, 0.2) is 0 Å². The van der Waals surface area contributed by atoms with Gasteiger partial charge in [-0.05, 0) is 32.5 Å². The van der Waals surface area contributed by atoms with E-state index in [-0.39, 0.29) is 0 Å². The van der Waals surface area contributed by atoms with Crippen LogP contribution in [0.3, 0.4) is 0 Å². The lowest BCUT2D eigenvalue weighted by molar-refractivity contribution is 1.06. The molecule has 0 aromatic heterocycles. The molecule has 0 bridgehead atoms. The van der Waals surface area contributed by atoms with Gasteiger partial charge in [0.05, 0.1) is 0 Å². The first-order valence-corrected chi connectivity index (χ1v) is 3.83. The molecular weight excluding hydrogens is 136 g/mol. The molecule has 0 atom stereocenters. The Morgan fingerprint density at radius 2 is 2.18 bits per heavy atom. The van der Waals surface area contributed by atoms with Gasteiger partial charge in [-0.3, -0.25) is 4.99 Å². The molecule has 0 spiro atoms. The largest absolute Gasteiger partial charge is 0.405 e. The van der Waals surface area contributed by atoms with Crippen molar-refractivity contribution in [3.8, 4) is 0 Å². The monoisotopic (exact) mass is 152 g/mol. The average molecular weight is 152 g/mol. The van der Waals surface area contributed by atoms with Crippen LogP contribution in [-0.4, -0.2) is 5.71 Å². The van der Waals surface area contributed by atoms with Gasteiger partial charge in [-0.25, -0.2) is 0 Å². The van der Waals surface area contributed by atoms with Gasteiger partial charge in [0, 0.05) is 11.4 Å². The highest BCUT2D eigenvalue weighted by Crippen LogP contribution is 2.02. The van der Waals surface area contributed by atoms with Crippen molar-refractivity contribution in [2.24, 2.45) is 10.7 Å². The van der Waals surface area contributed by atoms with Crippen LogP contribution in [0, 0.1) is 0 Å². The quantitative estimate of drug-likeness (QED) is 0.619. The highest BCUT2D eigenvalue weighted by Gasteiger charge is 1.87. The number of hydrogen-bond donors (Lipinski definition) is 1. The summed E-state index contributed by atoms with van der Waals surface area (Å²) in [7, 11) is 0. The van der Waals surface area contributed by atoms with Crippen LogP contribution < -0.4 is 5.73 Å². The maximum atomic E-state index is 5.21. The third-order valence-corrected chi connectivity index (χ3v) is 1.35. The van der Waals surface area contributed by atoms with Gasteiger partial charge in [0.2, 0.25) is 0 Å². The number of nitrogens with zero attached hydrogens (tertiary/aromatic N) is 1. The van der Waals surface area contributed by atoms with Crippen molar-refractivity contribution in [2.75, 3.05) is 0 Å². The normalized spacial score (nSPS) is 14.5. The second-order valence-electron chi connectivity index (χ2n) is 2.25. The molecule has 0 heterocycles. The van der Waals surface area contributed by atoms with E-state index in [1.54, 1.807) is 6.08 Å². The Morgan fingerprint density at radius 3 is 2.55 bits per heavy atom. The number of rotatable bonds is 3. The molecule has 0 radical (unpaired) electrons. The van der Waals surface area contributed by atoms with E-state index in [0.717, 1.165) is 17.8 Å². The lowest BCUT2D eigenvalue weighted by Gasteiger charge is -1.95. The lowest BCUT2D eigenvalue weighted by Crippen LogP contribution is -1.89.